The van der Waals surface area contributed by atoms with Crippen molar-refractivity contribution in [3.8, 4) is 11.1 Å². The zero-order chi connectivity index (χ0) is 20.9. The Balaban J connectivity index is 1.65. The second-order valence-corrected chi connectivity index (χ2v) is 10.0. The van der Waals surface area contributed by atoms with Crippen LogP contribution >= 0.6 is 0 Å². The second kappa shape index (κ2) is 7.41. The van der Waals surface area contributed by atoms with Gasteiger partial charge in [-0.2, -0.15) is 0 Å². The van der Waals surface area contributed by atoms with Gasteiger partial charge in [0.25, 0.3) is 0 Å². The van der Waals surface area contributed by atoms with Crippen LogP contribution in [0.3, 0.4) is 0 Å². The molecule has 30 heavy (non-hydrogen) atoms. The smallest absolute Gasteiger partial charge is 0.0159 e. The Morgan fingerprint density at radius 2 is 1.70 bits per heavy atom. The third-order valence-electron chi connectivity index (χ3n) is 7.91. The average molecular weight is 395 g/mol. The van der Waals surface area contributed by atoms with Crippen LogP contribution in [0, 0.1) is 5.92 Å². The van der Waals surface area contributed by atoms with Gasteiger partial charge >= 0.3 is 0 Å². The zero-order valence-electron chi connectivity index (χ0n) is 18.8. The molecule has 0 N–H and O–H groups in total. The highest BCUT2D eigenvalue weighted by atomic mass is 14.4. The van der Waals surface area contributed by atoms with Crippen LogP contribution in [0.2, 0.25) is 0 Å². The zero-order valence-corrected chi connectivity index (χ0v) is 18.8. The Bertz CT molecular complexity index is 1110. The molecule has 2 aliphatic rings. The summed E-state index contributed by atoms with van der Waals surface area (Å²) in [6.07, 6.45) is 9.67. The molecule has 0 saturated heterocycles. The summed E-state index contributed by atoms with van der Waals surface area (Å²) in [5.74, 6) is 1.42. The van der Waals surface area contributed by atoms with Gasteiger partial charge in [-0.3, -0.25) is 0 Å². The van der Waals surface area contributed by atoms with E-state index < -0.39 is 0 Å². The van der Waals surface area contributed by atoms with Gasteiger partial charge in [-0.1, -0.05) is 81.8 Å². The maximum atomic E-state index is 4.02. The maximum absolute atomic E-state index is 4.02. The van der Waals surface area contributed by atoms with Crippen LogP contribution in [-0.4, -0.2) is 0 Å². The molecule has 0 amide bonds. The number of hydrogen-bond donors (Lipinski definition) is 0. The second-order valence-electron chi connectivity index (χ2n) is 10.0. The van der Waals surface area contributed by atoms with Gasteiger partial charge in [-0.15, -0.1) is 6.58 Å². The molecule has 0 radical (unpaired) electrons. The highest BCUT2D eigenvalue weighted by Gasteiger charge is 2.34. The van der Waals surface area contributed by atoms with Gasteiger partial charge in [-0.25, -0.2) is 0 Å². The van der Waals surface area contributed by atoms with Gasteiger partial charge in [0.15, 0.2) is 0 Å². The molecule has 0 nitrogen and oxygen atoms in total. The number of fused-ring (bicyclic) bond motifs is 2. The molecule has 3 aromatic carbocycles. The lowest BCUT2D eigenvalue weighted by molar-refractivity contribution is 0.376. The fourth-order valence-electron chi connectivity index (χ4n) is 6.10. The summed E-state index contributed by atoms with van der Waals surface area (Å²) in [5, 5.41) is 2.94. The van der Waals surface area contributed by atoms with Gasteiger partial charge in [0.2, 0.25) is 0 Å². The van der Waals surface area contributed by atoms with Crippen molar-refractivity contribution in [2.45, 2.75) is 70.6 Å². The van der Waals surface area contributed by atoms with E-state index in [1.807, 2.05) is 0 Å². The third kappa shape index (κ3) is 2.96. The van der Waals surface area contributed by atoms with Crippen molar-refractivity contribution in [2.75, 3.05) is 0 Å². The van der Waals surface area contributed by atoms with E-state index in [0.717, 1.165) is 12.3 Å². The summed E-state index contributed by atoms with van der Waals surface area (Å²) in [4.78, 5) is 0. The van der Waals surface area contributed by atoms with Crippen LogP contribution in [0.15, 0.2) is 61.2 Å². The molecule has 5 rings (SSSR count). The molecule has 1 saturated carbocycles. The first kappa shape index (κ1) is 19.6. The Morgan fingerprint density at radius 1 is 0.933 bits per heavy atom. The van der Waals surface area contributed by atoms with E-state index in [0.29, 0.717) is 5.92 Å². The highest BCUT2D eigenvalue weighted by molar-refractivity contribution is 6.04. The fourth-order valence-corrected chi connectivity index (χ4v) is 6.10. The fraction of sp³-hybridized carbons (Fsp3) is 0.400. The number of allylic oxidation sites excluding steroid dienone is 1. The molecule has 2 aliphatic carbocycles. The minimum Gasteiger partial charge on any atom is -0.103 e. The van der Waals surface area contributed by atoms with Crippen molar-refractivity contribution in [1.29, 1.82) is 0 Å². The van der Waals surface area contributed by atoms with Gasteiger partial charge < -0.3 is 0 Å². The van der Waals surface area contributed by atoms with E-state index in [4.69, 9.17) is 0 Å². The molecule has 0 aliphatic heterocycles. The predicted octanol–water partition coefficient (Wildman–Crippen LogP) is 8.56. The minimum atomic E-state index is 0.0288. The summed E-state index contributed by atoms with van der Waals surface area (Å²) in [5.41, 5.74) is 8.94. The maximum Gasteiger partial charge on any atom is 0.0159 e. The summed E-state index contributed by atoms with van der Waals surface area (Å²) < 4.78 is 0. The summed E-state index contributed by atoms with van der Waals surface area (Å²) >= 11 is 0. The molecular weight excluding hydrogens is 360 g/mol. The van der Waals surface area contributed by atoms with Gasteiger partial charge in [0.05, 0.1) is 0 Å². The number of aryl methyl sites for hydroxylation is 1. The standard InChI is InChI=1S/C30H34/c1-5-8-22-15-18-26-25-17-16-23(21-13-11-20(6-2)12-14-21)19-28(25)30(3,4)27-10-7-9-24(22)29(26)27/h6-7,9-10,15-21H,2,5,8,11-14H2,1,3-4H3/t20-,21-. The van der Waals surface area contributed by atoms with E-state index >= 15 is 0 Å². The molecule has 0 aromatic heterocycles. The predicted molar refractivity (Wildman–Crippen MR) is 130 cm³/mol. The summed E-state index contributed by atoms with van der Waals surface area (Å²) in [7, 11) is 0. The van der Waals surface area contributed by atoms with Crippen LogP contribution in [0.5, 0.6) is 0 Å². The molecule has 3 aromatic rings. The normalized spacial score (nSPS) is 22.0. The Kier molecular flexibility index (Phi) is 4.85. The van der Waals surface area contributed by atoms with Crippen molar-refractivity contribution in [3.63, 3.8) is 0 Å². The lowest BCUT2D eigenvalue weighted by atomic mass is 9.67. The van der Waals surface area contributed by atoms with Crippen LogP contribution in [0.4, 0.5) is 0 Å². The summed E-state index contributed by atoms with van der Waals surface area (Å²) in [6, 6.07) is 19.1. The molecule has 1 fully saturated rings. The molecule has 0 heterocycles. The molecule has 154 valence electrons. The molecule has 0 spiro atoms. The first-order chi connectivity index (χ1) is 14.5. The highest BCUT2D eigenvalue weighted by Crippen LogP contribution is 2.50. The molecule has 0 bridgehead atoms. The Labute approximate surface area is 182 Å². The van der Waals surface area contributed by atoms with Crippen molar-refractivity contribution in [2.24, 2.45) is 5.92 Å². The topological polar surface area (TPSA) is 0 Å². The van der Waals surface area contributed by atoms with Crippen molar-refractivity contribution in [3.05, 3.63) is 83.4 Å². The van der Waals surface area contributed by atoms with Gasteiger partial charge in [-0.05, 0) is 88.1 Å². The van der Waals surface area contributed by atoms with Gasteiger partial charge in [0.1, 0.15) is 0 Å². The van der Waals surface area contributed by atoms with Crippen molar-refractivity contribution >= 4 is 10.8 Å². The summed E-state index contributed by atoms with van der Waals surface area (Å²) in [6.45, 7) is 11.1. The van der Waals surface area contributed by atoms with Crippen LogP contribution in [0.25, 0.3) is 21.9 Å². The number of benzene rings is 3. The van der Waals surface area contributed by atoms with E-state index in [1.165, 1.54) is 70.7 Å². The Hall–Kier alpha value is -2.34. The average Bonchev–Trinajstić information content (AvgIpc) is 2.78. The lowest BCUT2D eigenvalue weighted by Gasteiger charge is -2.37. The number of hydrogen-bond acceptors (Lipinski definition) is 0. The van der Waals surface area contributed by atoms with Crippen LogP contribution < -0.4 is 0 Å². The monoisotopic (exact) mass is 394 g/mol. The molecular formula is C30H34. The first-order valence-electron chi connectivity index (χ1n) is 11.9. The molecule has 0 atom stereocenters. The van der Waals surface area contributed by atoms with Crippen molar-refractivity contribution in [1.82, 2.24) is 0 Å². The van der Waals surface area contributed by atoms with Crippen molar-refractivity contribution < 1.29 is 0 Å². The molecule has 0 heteroatoms. The SMILES string of the molecule is C=C[C@H]1CC[C@H](c2ccc3c(c2)C(C)(C)c2cccc4c(CCC)ccc-3c24)CC1. The van der Waals surface area contributed by atoms with E-state index in [2.05, 4.69) is 82.0 Å². The van der Waals surface area contributed by atoms with Crippen LogP contribution in [-0.2, 0) is 11.8 Å². The lowest BCUT2D eigenvalue weighted by Crippen LogP contribution is -2.24. The Morgan fingerprint density at radius 3 is 2.43 bits per heavy atom. The minimum absolute atomic E-state index is 0.0288. The quantitative estimate of drug-likeness (QED) is 0.389. The third-order valence-corrected chi connectivity index (χ3v) is 7.91. The van der Waals surface area contributed by atoms with E-state index in [-0.39, 0.29) is 5.41 Å². The van der Waals surface area contributed by atoms with E-state index in [1.54, 1.807) is 5.56 Å². The first-order valence-corrected chi connectivity index (χ1v) is 11.9. The van der Waals surface area contributed by atoms with Crippen LogP contribution in [0.1, 0.15) is 81.0 Å². The largest absolute Gasteiger partial charge is 0.103 e. The van der Waals surface area contributed by atoms with Gasteiger partial charge in [0, 0.05) is 5.41 Å². The van der Waals surface area contributed by atoms with E-state index in [9.17, 15) is 0 Å². The number of rotatable bonds is 4. The molecule has 0 unspecified atom stereocenters.